The number of hydrogen-bond donors (Lipinski definition) is 2. The molecular formula is C20H23N5O2S. The predicted octanol–water partition coefficient (Wildman–Crippen LogP) is 3.27. The van der Waals surface area contributed by atoms with Crippen molar-refractivity contribution in [1.29, 1.82) is 0 Å². The molecule has 0 aliphatic carbocycles. The Morgan fingerprint density at radius 2 is 2.07 bits per heavy atom. The number of ether oxygens (including phenoxy) is 1. The number of carbonyl (C=O) groups is 1. The molecular weight excluding hydrogens is 374 g/mol. The van der Waals surface area contributed by atoms with E-state index < -0.39 is 0 Å². The Morgan fingerprint density at radius 3 is 2.86 bits per heavy atom. The zero-order valence-corrected chi connectivity index (χ0v) is 16.8. The molecule has 0 spiro atoms. The fourth-order valence-corrected chi connectivity index (χ4v) is 4.22. The van der Waals surface area contributed by atoms with E-state index in [1.54, 1.807) is 7.11 Å². The van der Waals surface area contributed by atoms with E-state index in [0.29, 0.717) is 10.7 Å². The summed E-state index contributed by atoms with van der Waals surface area (Å²) in [4.78, 5) is 25.1. The zero-order chi connectivity index (χ0) is 19.5. The fourth-order valence-electron chi connectivity index (χ4n) is 3.31. The zero-order valence-electron chi connectivity index (χ0n) is 15.9. The third-order valence-electron chi connectivity index (χ3n) is 4.94. The average Bonchev–Trinajstić information content (AvgIpc) is 3.15. The van der Waals surface area contributed by atoms with Gasteiger partial charge in [0.2, 0.25) is 0 Å². The molecule has 3 aromatic rings. The SMILES string of the molecule is COc1cccc(Nc2ncnc3sc(C(=O)NC4CCN(C)CC4)cc23)c1. The number of anilines is 2. The standard InChI is InChI=1S/C20H23N5O2S/c1-25-8-6-13(7-9-25)24-19(26)17-11-16-18(21-12-22-20(16)28-17)23-14-4-3-5-15(10-14)27-2/h3-5,10-13H,6-9H2,1-2H3,(H,24,26)(H,21,22,23). The molecule has 0 radical (unpaired) electrons. The first-order chi connectivity index (χ1) is 13.6. The van der Waals surface area contributed by atoms with Crippen molar-refractivity contribution in [1.82, 2.24) is 20.2 Å². The van der Waals surface area contributed by atoms with Crippen LogP contribution in [0.3, 0.4) is 0 Å². The van der Waals surface area contributed by atoms with Crippen LogP contribution in [0.4, 0.5) is 11.5 Å². The molecule has 1 aliphatic heterocycles. The number of piperidine rings is 1. The molecule has 8 heteroatoms. The maximum absolute atomic E-state index is 12.7. The highest BCUT2D eigenvalue weighted by Crippen LogP contribution is 2.30. The van der Waals surface area contributed by atoms with E-state index in [2.05, 4.69) is 32.5 Å². The highest BCUT2D eigenvalue weighted by Gasteiger charge is 2.21. The van der Waals surface area contributed by atoms with E-state index in [1.807, 2.05) is 30.3 Å². The van der Waals surface area contributed by atoms with Crippen LogP contribution in [0.5, 0.6) is 5.75 Å². The van der Waals surface area contributed by atoms with Gasteiger partial charge in [0.1, 0.15) is 22.7 Å². The Labute approximate surface area is 167 Å². The summed E-state index contributed by atoms with van der Waals surface area (Å²) in [6, 6.07) is 9.73. The molecule has 1 amide bonds. The van der Waals surface area contributed by atoms with Crippen molar-refractivity contribution in [3.63, 3.8) is 0 Å². The summed E-state index contributed by atoms with van der Waals surface area (Å²) in [5, 5.41) is 7.30. The second-order valence-electron chi connectivity index (χ2n) is 6.96. The van der Waals surface area contributed by atoms with E-state index in [4.69, 9.17) is 4.74 Å². The van der Waals surface area contributed by atoms with Gasteiger partial charge in [-0.05, 0) is 51.2 Å². The third kappa shape index (κ3) is 4.07. The topological polar surface area (TPSA) is 79.4 Å². The number of fused-ring (bicyclic) bond motifs is 1. The molecule has 146 valence electrons. The summed E-state index contributed by atoms with van der Waals surface area (Å²) in [7, 11) is 3.75. The number of rotatable bonds is 5. The molecule has 4 rings (SSSR count). The van der Waals surface area contributed by atoms with E-state index in [9.17, 15) is 4.79 Å². The normalized spacial score (nSPS) is 15.5. The molecule has 1 fully saturated rings. The predicted molar refractivity (Wildman–Crippen MR) is 112 cm³/mol. The minimum absolute atomic E-state index is 0.0371. The minimum atomic E-state index is -0.0371. The number of methoxy groups -OCH3 is 1. The largest absolute Gasteiger partial charge is 0.497 e. The summed E-state index contributed by atoms with van der Waals surface area (Å²) in [6.07, 6.45) is 3.48. The molecule has 7 nitrogen and oxygen atoms in total. The number of nitrogens with one attached hydrogen (secondary N) is 2. The molecule has 1 saturated heterocycles. The monoisotopic (exact) mass is 397 g/mol. The molecule has 3 heterocycles. The first-order valence-corrected chi connectivity index (χ1v) is 10.1. The van der Waals surface area contributed by atoms with Gasteiger partial charge < -0.3 is 20.3 Å². The number of carbonyl (C=O) groups excluding carboxylic acids is 1. The lowest BCUT2D eigenvalue weighted by Crippen LogP contribution is -2.43. The summed E-state index contributed by atoms with van der Waals surface area (Å²) >= 11 is 1.39. The highest BCUT2D eigenvalue weighted by atomic mass is 32.1. The maximum atomic E-state index is 12.7. The first-order valence-electron chi connectivity index (χ1n) is 9.27. The molecule has 2 aromatic heterocycles. The van der Waals surface area contributed by atoms with Crippen molar-refractivity contribution >= 4 is 39.0 Å². The Bertz CT molecular complexity index is 982. The van der Waals surface area contributed by atoms with Gasteiger partial charge in [0.05, 0.1) is 17.4 Å². The van der Waals surface area contributed by atoms with Gasteiger partial charge in [0, 0.05) is 17.8 Å². The van der Waals surface area contributed by atoms with Crippen LogP contribution >= 0.6 is 11.3 Å². The number of hydrogen-bond acceptors (Lipinski definition) is 7. The summed E-state index contributed by atoms with van der Waals surface area (Å²) in [5.41, 5.74) is 0.864. The average molecular weight is 398 g/mol. The van der Waals surface area contributed by atoms with E-state index >= 15 is 0 Å². The molecule has 28 heavy (non-hydrogen) atoms. The quantitative estimate of drug-likeness (QED) is 0.688. The first kappa shape index (κ1) is 18.6. The Hall–Kier alpha value is -2.71. The van der Waals surface area contributed by atoms with Crippen LogP contribution in [0.25, 0.3) is 10.2 Å². The smallest absolute Gasteiger partial charge is 0.261 e. The lowest BCUT2D eigenvalue weighted by Gasteiger charge is -2.29. The fraction of sp³-hybridized carbons (Fsp3) is 0.350. The molecule has 0 saturated carbocycles. The van der Waals surface area contributed by atoms with Gasteiger partial charge >= 0.3 is 0 Å². The van der Waals surface area contributed by atoms with Crippen LogP contribution in [0.15, 0.2) is 36.7 Å². The molecule has 1 aliphatic rings. The molecule has 0 unspecified atom stereocenters. The second kappa shape index (κ2) is 8.12. The van der Waals surface area contributed by atoms with E-state index in [-0.39, 0.29) is 11.9 Å². The van der Waals surface area contributed by atoms with Crippen LogP contribution in [0.1, 0.15) is 22.5 Å². The van der Waals surface area contributed by atoms with Crippen molar-refractivity contribution in [2.24, 2.45) is 0 Å². The summed E-state index contributed by atoms with van der Waals surface area (Å²) in [5.74, 6) is 1.40. The highest BCUT2D eigenvalue weighted by molar-refractivity contribution is 7.20. The van der Waals surface area contributed by atoms with E-state index in [0.717, 1.165) is 47.6 Å². The number of aromatic nitrogens is 2. The second-order valence-corrected chi connectivity index (χ2v) is 7.99. The molecule has 0 atom stereocenters. The van der Waals surface area contributed by atoms with Gasteiger partial charge in [-0.25, -0.2) is 9.97 Å². The summed E-state index contributed by atoms with van der Waals surface area (Å²) < 4.78 is 5.27. The van der Waals surface area contributed by atoms with Crippen LogP contribution in [-0.2, 0) is 0 Å². The Morgan fingerprint density at radius 1 is 1.25 bits per heavy atom. The van der Waals surface area contributed by atoms with Gasteiger partial charge in [-0.2, -0.15) is 0 Å². The number of likely N-dealkylation sites (tertiary alicyclic amines) is 1. The van der Waals surface area contributed by atoms with Gasteiger partial charge in [0.15, 0.2) is 0 Å². The van der Waals surface area contributed by atoms with Gasteiger partial charge in [-0.15, -0.1) is 11.3 Å². The van der Waals surface area contributed by atoms with Crippen molar-refractivity contribution in [3.05, 3.63) is 41.5 Å². The van der Waals surface area contributed by atoms with Crippen molar-refractivity contribution in [2.45, 2.75) is 18.9 Å². The number of benzene rings is 1. The van der Waals surface area contributed by atoms with Gasteiger partial charge in [-0.1, -0.05) is 6.07 Å². The molecule has 0 bridgehead atoms. The summed E-state index contributed by atoms with van der Waals surface area (Å²) in [6.45, 7) is 2.02. The van der Waals surface area contributed by atoms with Gasteiger partial charge in [-0.3, -0.25) is 4.79 Å². The Balaban J connectivity index is 1.54. The minimum Gasteiger partial charge on any atom is -0.497 e. The number of thiophene rings is 1. The lowest BCUT2D eigenvalue weighted by molar-refractivity contribution is 0.0921. The van der Waals surface area contributed by atoms with Crippen molar-refractivity contribution in [3.8, 4) is 5.75 Å². The van der Waals surface area contributed by atoms with Crippen LogP contribution in [0.2, 0.25) is 0 Å². The lowest BCUT2D eigenvalue weighted by atomic mass is 10.1. The van der Waals surface area contributed by atoms with Crippen LogP contribution in [-0.4, -0.2) is 54.1 Å². The Kier molecular flexibility index (Phi) is 5.40. The van der Waals surface area contributed by atoms with Crippen molar-refractivity contribution in [2.75, 3.05) is 32.6 Å². The van der Waals surface area contributed by atoms with Gasteiger partial charge in [0.25, 0.3) is 5.91 Å². The molecule has 1 aromatic carbocycles. The third-order valence-corrected chi connectivity index (χ3v) is 5.98. The van der Waals surface area contributed by atoms with Crippen molar-refractivity contribution < 1.29 is 9.53 Å². The maximum Gasteiger partial charge on any atom is 0.261 e. The molecule has 2 N–H and O–H groups in total. The van der Waals surface area contributed by atoms with E-state index in [1.165, 1.54) is 17.7 Å². The van der Waals surface area contributed by atoms with Crippen LogP contribution < -0.4 is 15.4 Å². The number of amides is 1. The number of nitrogens with zero attached hydrogens (tertiary/aromatic N) is 3. The van der Waals surface area contributed by atoms with Crippen LogP contribution in [0, 0.1) is 0 Å².